The lowest BCUT2D eigenvalue weighted by molar-refractivity contribution is -0.120. The van der Waals surface area contributed by atoms with Gasteiger partial charge in [-0.2, -0.15) is 0 Å². The number of likely N-dealkylation sites (N-methyl/N-ethyl adjacent to an activating group) is 1. The van der Waals surface area contributed by atoms with Gasteiger partial charge in [0.25, 0.3) is 0 Å². The van der Waals surface area contributed by atoms with Gasteiger partial charge in [-0.05, 0) is 51.6 Å². The number of benzene rings is 1. The van der Waals surface area contributed by atoms with E-state index in [2.05, 4.69) is 17.1 Å². The predicted molar refractivity (Wildman–Crippen MR) is 81.2 cm³/mol. The van der Waals surface area contributed by atoms with Gasteiger partial charge in [-0.25, -0.2) is 0 Å². The maximum absolute atomic E-state index is 12.2. The van der Waals surface area contributed by atoms with Crippen LogP contribution >= 0.6 is 0 Å². The first-order valence-corrected chi connectivity index (χ1v) is 6.83. The minimum absolute atomic E-state index is 0.00676. The lowest BCUT2D eigenvalue weighted by Crippen LogP contribution is -2.40. The molecule has 1 amide bonds. The van der Waals surface area contributed by atoms with Crippen molar-refractivity contribution in [1.82, 2.24) is 4.90 Å². The number of carbonyl (C=O) groups excluding carboxylic acids is 1. The summed E-state index contributed by atoms with van der Waals surface area (Å²) in [6.07, 6.45) is 2.23. The molecule has 0 radical (unpaired) electrons. The molecule has 0 bridgehead atoms. The van der Waals surface area contributed by atoms with Crippen molar-refractivity contribution in [3.05, 3.63) is 23.8 Å². The van der Waals surface area contributed by atoms with Crippen LogP contribution in [0.2, 0.25) is 0 Å². The van der Waals surface area contributed by atoms with E-state index in [-0.39, 0.29) is 11.9 Å². The molecule has 0 saturated carbocycles. The van der Waals surface area contributed by atoms with Crippen molar-refractivity contribution in [2.75, 3.05) is 24.6 Å². The number of nitrogens with two attached hydrogens (primary N) is 1. The first kappa shape index (κ1) is 15.5. The second kappa shape index (κ2) is 7.14. The summed E-state index contributed by atoms with van der Waals surface area (Å²) in [6.45, 7) is 6.92. The van der Waals surface area contributed by atoms with Gasteiger partial charge in [0.2, 0.25) is 5.91 Å². The second-order valence-corrected chi connectivity index (χ2v) is 5.02. The number of anilines is 2. The van der Waals surface area contributed by atoms with E-state index >= 15 is 0 Å². The molecule has 0 aromatic heterocycles. The lowest BCUT2D eigenvalue weighted by Gasteiger charge is -2.24. The third-order valence-electron chi connectivity index (χ3n) is 3.54. The van der Waals surface area contributed by atoms with E-state index in [0.29, 0.717) is 5.69 Å². The number of nitrogens with one attached hydrogen (secondary N) is 1. The van der Waals surface area contributed by atoms with Gasteiger partial charge in [-0.15, -0.1) is 0 Å². The highest BCUT2D eigenvalue weighted by molar-refractivity contribution is 5.95. The monoisotopic (exact) mass is 263 g/mol. The molecule has 1 rings (SSSR count). The van der Waals surface area contributed by atoms with Crippen LogP contribution in [0.1, 0.15) is 32.3 Å². The van der Waals surface area contributed by atoms with Crippen LogP contribution in [0, 0.1) is 6.92 Å². The molecule has 1 atom stereocenters. The van der Waals surface area contributed by atoms with Crippen molar-refractivity contribution in [1.29, 1.82) is 0 Å². The summed E-state index contributed by atoms with van der Waals surface area (Å²) in [4.78, 5) is 14.3. The number of hydrogen-bond donors (Lipinski definition) is 2. The maximum atomic E-state index is 12.2. The zero-order chi connectivity index (χ0) is 14.4. The summed E-state index contributed by atoms with van der Waals surface area (Å²) < 4.78 is 0. The normalized spacial score (nSPS) is 12.5. The van der Waals surface area contributed by atoms with Gasteiger partial charge in [-0.3, -0.25) is 9.69 Å². The van der Waals surface area contributed by atoms with Crippen molar-refractivity contribution in [3.8, 4) is 0 Å². The molecular formula is C15H25N3O. The topological polar surface area (TPSA) is 58.4 Å². The molecule has 1 aromatic carbocycles. The zero-order valence-corrected chi connectivity index (χ0v) is 12.4. The van der Waals surface area contributed by atoms with Gasteiger partial charge < -0.3 is 11.1 Å². The Kier molecular flexibility index (Phi) is 5.83. The van der Waals surface area contributed by atoms with Crippen LogP contribution in [-0.4, -0.2) is 30.4 Å². The zero-order valence-electron chi connectivity index (χ0n) is 12.4. The van der Waals surface area contributed by atoms with Crippen LogP contribution in [0.5, 0.6) is 0 Å². The van der Waals surface area contributed by atoms with Crippen molar-refractivity contribution in [2.45, 2.75) is 39.7 Å². The summed E-state index contributed by atoms with van der Waals surface area (Å²) in [5.74, 6) is 0.00676. The number of carbonyl (C=O) groups is 1. The molecule has 19 heavy (non-hydrogen) atoms. The molecule has 0 fully saturated rings. The highest BCUT2D eigenvalue weighted by Crippen LogP contribution is 2.20. The number of nitrogen functional groups attached to an aromatic ring is 1. The fourth-order valence-corrected chi connectivity index (χ4v) is 1.83. The molecule has 0 aliphatic rings. The van der Waals surface area contributed by atoms with E-state index in [9.17, 15) is 4.79 Å². The smallest absolute Gasteiger partial charge is 0.241 e. The van der Waals surface area contributed by atoms with Crippen LogP contribution in [0.25, 0.3) is 0 Å². The van der Waals surface area contributed by atoms with Gasteiger partial charge in [0, 0.05) is 11.4 Å². The van der Waals surface area contributed by atoms with Crippen LogP contribution in [-0.2, 0) is 4.79 Å². The van der Waals surface area contributed by atoms with Gasteiger partial charge >= 0.3 is 0 Å². The number of amides is 1. The number of unbranched alkanes of at least 4 members (excludes halogenated alkanes) is 1. The van der Waals surface area contributed by atoms with E-state index < -0.39 is 0 Å². The first-order valence-electron chi connectivity index (χ1n) is 6.83. The summed E-state index contributed by atoms with van der Waals surface area (Å²) in [5.41, 5.74) is 8.24. The molecular weight excluding hydrogens is 238 g/mol. The third-order valence-corrected chi connectivity index (χ3v) is 3.54. The third kappa shape index (κ3) is 4.24. The first-order chi connectivity index (χ1) is 8.97. The number of rotatable bonds is 6. The van der Waals surface area contributed by atoms with E-state index in [1.165, 1.54) is 0 Å². The second-order valence-electron chi connectivity index (χ2n) is 5.02. The number of hydrogen-bond acceptors (Lipinski definition) is 3. The summed E-state index contributed by atoms with van der Waals surface area (Å²) in [7, 11) is 1.98. The van der Waals surface area contributed by atoms with E-state index in [0.717, 1.165) is 30.6 Å². The molecule has 1 aromatic rings. The van der Waals surface area contributed by atoms with Crippen molar-refractivity contribution in [2.24, 2.45) is 0 Å². The van der Waals surface area contributed by atoms with Gasteiger partial charge in [0.15, 0.2) is 0 Å². The average Bonchev–Trinajstić information content (AvgIpc) is 2.40. The number of nitrogens with zero attached hydrogens (tertiary/aromatic N) is 1. The summed E-state index contributed by atoms with van der Waals surface area (Å²) in [6, 6.07) is 5.42. The van der Waals surface area contributed by atoms with Crippen LogP contribution in [0.15, 0.2) is 18.2 Å². The molecule has 1 unspecified atom stereocenters. The minimum atomic E-state index is -0.146. The van der Waals surface area contributed by atoms with E-state index in [1.54, 1.807) is 0 Å². The molecule has 3 N–H and O–H groups in total. The Morgan fingerprint density at radius 2 is 2.16 bits per heavy atom. The molecule has 106 valence electrons. The Balaban J connectivity index is 2.66. The molecule has 0 aliphatic heterocycles. The van der Waals surface area contributed by atoms with Crippen molar-refractivity contribution >= 4 is 17.3 Å². The van der Waals surface area contributed by atoms with Crippen LogP contribution in [0.4, 0.5) is 11.4 Å². The SMILES string of the molecule is CCCCN(C)C(C)C(=O)Nc1cccc(N)c1C. The molecule has 0 spiro atoms. The van der Waals surface area contributed by atoms with Gasteiger partial charge in [0.1, 0.15) is 0 Å². The average molecular weight is 263 g/mol. The quantitative estimate of drug-likeness (QED) is 0.776. The largest absolute Gasteiger partial charge is 0.398 e. The predicted octanol–water partition coefficient (Wildman–Crippen LogP) is 2.64. The fourth-order valence-electron chi connectivity index (χ4n) is 1.83. The standard InChI is InChI=1S/C15H25N3O/c1-5-6-10-18(4)12(3)15(19)17-14-9-7-8-13(16)11(14)2/h7-9,12H,5-6,10,16H2,1-4H3,(H,17,19). The Morgan fingerprint density at radius 3 is 2.79 bits per heavy atom. The Morgan fingerprint density at radius 1 is 1.47 bits per heavy atom. The Hall–Kier alpha value is -1.55. The molecule has 0 heterocycles. The fraction of sp³-hybridized carbons (Fsp3) is 0.533. The van der Waals surface area contributed by atoms with Gasteiger partial charge in [-0.1, -0.05) is 19.4 Å². The van der Waals surface area contributed by atoms with E-state index in [4.69, 9.17) is 5.73 Å². The Labute approximate surface area is 116 Å². The van der Waals surface area contributed by atoms with Crippen molar-refractivity contribution in [3.63, 3.8) is 0 Å². The maximum Gasteiger partial charge on any atom is 0.241 e. The molecule has 0 saturated heterocycles. The molecule has 0 aliphatic carbocycles. The summed E-state index contributed by atoms with van der Waals surface area (Å²) >= 11 is 0. The summed E-state index contributed by atoms with van der Waals surface area (Å²) in [5, 5.41) is 2.95. The highest BCUT2D eigenvalue weighted by atomic mass is 16.2. The van der Waals surface area contributed by atoms with Gasteiger partial charge in [0.05, 0.1) is 6.04 Å². The molecule has 4 nitrogen and oxygen atoms in total. The highest BCUT2D eigenvalue weighted by Gasteiger charge is 2.18. The Bertz CT molecular complexity index is 431. The van der Waals surface area contributed by atoms with Crippen LogP contribution in [0.3, 0.4) is 0 Å². The van der Waals surface area contributed by atoms with Crippen LogP contribution < -0.4 is 11.1 Å². The van der Waals surface area contributed by atoms with E-state index in [1.807, 2.05) is 39.1 Å². The van der Waals surface area contributed by atoms with Crippen molar-refractivity contribution < 1.29 is 4.79 Å². The minimum Gasteiger partial charge on any atom is -0.398 e. The lowest BCUT2D eigenvalue weighted by atomic mass is 10.1. The molecule has 4 heteroatoms.